The number of unbranched alkanes of at least 4 members (excludes halogenated alkanes) is 1. The van der Waals surface area contributed by atoms with Gasteiger partial charge >= 0.3 is 0 Å². The topological polar surface area (TPSA) is 12.4 Å². The van der Waals surface area contributed by atoms with Crippen LogP contribution in [0.1, 0.15) is 38.7 Å². The van der Waals surface area contributed by atoms with E-state index in [2.05, 4.69) is 44.0 Å². The van der Waals surface area contributed by atoms with Crippen molar-refractivity contribution < 1.29 is 0 Å². The number of benzene rings is 1. The summed E-state index contributed by atoms with van der Waals surface area (Å²) in [7, 11) is 0. The van der Waals surface area contributed by atoms with E-state index in [1.807, 2.05) is 6.07 Å². The minimum Gasteiger partial charge on any atom is -0.258 e. The summed E-state index contributed by atoms with van der Waals surface area (Å²) in [6, 6.07) is 8.27. The molecule has 1 aromatic carbocycles. The van der Waals surface area contributed by atoms with Crippen LogP contribution in [0.25, 0.3) is 0 Å². The van der Waals surface area contributed by atoms with E-state index >= 15 is 0 Å². The maximum atomic E-state index is 4.61. The molecule has 0 unspecified atom stereocenters. The molecular weight excluding hydrogens is 170 g/mol. The lowest BCUT2D eigenvalue weighted by Gasteiger charge is -2.02. The molecular formula is C13H19N. The summed E-state index contributed by atoms with van der Waals surface area (Å²) in [6.45, 7) is 6.43. The summed E-state index contributed by atoms with van der Waals surface area (Å²) in [4.78, 5) is 4.61. The van der Waals surface area contributed by atoms with E-state index in [0.29, 0.717) is 0 Å². The molecule has 0 radical (unpaired) electrons. The van der Waals surface area contributed by atoms with Crippen LogP contribution < -0.4 is 0 Å². The number of rotatable bonds is 4. The highest BCUT2D eigenvalue weighted by Crippen LogP contribution is 2.18. The van der Waals surface area contributed by atoms with Gasteiger partial charge in [0, 0.05) is 5.71 Å². The normalized spacial score (nSPS) is 11.8. The highest BCUT2D eigenvalue weighted by Gasteiger charge is 1.95. The number of aryl methyl sites for hydroxylation is 1. The first-order valence-electron chi connectivity index (χ1n) is 5.34. The second-order valence-electron chi connectivity index (χ2n) is 3.74. The van der Waals surface area contributed by atoms with Crippen LogP contribution >= 0.6 is 0 Å². The third-order valence-electron chi connectivity index (χ3n) is 2.32. The molecule has 0 saturated carbocycles. The van der Waals surface area contributed by atoms with Gasteiger partial charge in [0.2, 0.25) is 0 Å². The Balaban J connectivity index is 2.71. The Hall–Kier alpha value is -1.11. The number of hydrogen-bond acceptors (Lipinski definition) is 1. The molecule has 0 fully saturated rings. The Bertz CT molecular complexity index is 313. The Morgan fingerprint density at radius 1 is 1.29 bits per heavy atom. The van der Waals surface area contributed by atoms with Crippen LogP contribution in [-0.2, 0) is 0 Å². The first-order valence-corrected chi connectivity index (χ1v) is 5.34. The monoisotopic (exact) mass is 189 g/mol. The summed E-state index contributed by atoms with van der Waals surface area (Å²) < 4.78 is 0. The van der Waals surface area contributed by atoms with Crippen LogP contribution in [0.4, 0.5) is 5.69 Å². The lowest BCUT2D eigenvalue weighted by atomic mass is 10.1. The molecule has 0 aromatic heterocycles. The largest absolute Gasteiger partial charge is 0.258 e. The average molecular weight is 189 g/mol. The standard InChI is InChI=1S/C13H19N/c1-4-5-9-12(3)14-13-10-7-6-8-11(13)2/h6-8,10H,4-5,9H2,1-3H3. The molecule has 0 atom stereocenters. The number of para-hydroxylation sites is 1. The fraction of sp³-hybridized carbons (Fsp3) is 0.462. The molecule has 0 amide bonds. The van der Waals surface area contributed by atoms with Crippen molar-refractivity contribution in [2.45, 2.75) is 40.0 Å². The number of nitrogens with zero attached hydrogens (tertiary/aromatic N) is 1. The average Bonchev–Trinajstić information content (AvgIpc) is 2.18. The van der Waals surface area contributed by atoms with Gasteiger partial charge in [-0.25, -0.2) is 0 Å². The fourth-order valence-corrected chi connectivity index (χ4v) is 1.38. The first-order chi connectivity index (χ1) is 6.74. The molecule has 1 nitrogen and oxygen atoms in total. The molecule has 0 bridgehead atoms. The maximum absolute atomic E-state index is 4.61. The van der Waals surface area contributed by atoms with Gasteiger partial charge in [0.1, 0.15) is 0 Å². The highest BCUT2D eigenvalue weighted by molar-refractivity contribution is 5.84. The third-order valence-corrected chi connectivity index (χ3v) is 2.32. The number of hydrogen-bond donors (Lipinski definition) is 0. The molecule has 0 spiro atoms. The van der Waals surface area contributed by atoms with Gasteiger partial charge in [0.05, 0.1) is 5.69 Å². The van der Waals surface area contributed by atoms with Crippen molar-refractivity contribution >= 4 is 11.4 Å². The van der Waals surface area contributed by atoms with Crippen molar-refractivity contribution in [2.75, 3.05) is 0 Å². The summed E-state index contributed by atoms with van der Waals surface area (Å²) in [6.07, 6.45) is 3.59. The zero-order chi connectivity index (χ0) is 10.4. The van der Waals surface area contributed by atoms with E-state index in [9.17, 15) is 0 Å². The van der Waals surface area contributed by atoms with Crippen LogP contribution in [0.2, 0.25) is 0 Å². The molecule has 0 N–H and O–H groups in total. The van der Waals surface area contributed by atoms with E-state index in [0.717, 1.165) is 12.1 Å². The van der Waals surface area contributed by atoms with Crippen molar-refractivity contribution in [1.82, 2.24) is 0 Å². The second-order valence-corrected chi connectivity index (χ2v) is 3.74. The minimum absolute atomic E-state index is 1.11. The van der Waals surface area contributed by atoms with Gasteiger partial charge in [-0.05, 0) is 38.3 Å². The van der Waals surface area contributed by atoms with Crippen molar-refractivity contribution in [3.8, 4) is 0 Å². The molecule has 1 aromatic rings. The molecule has 76 valence electrons. The SMILES string of the molecule is CCCCC(C)=Nc1ccccc1C. The zero-order valence-electron chi connectivity index (χ0n) is 9.38. The smallest absolute Gasteiger partial charge is 0.0658 e. The van der Waals surface area contributed by atoms with Gasteiger partial charge in [-0.1, -0.05) is 31.5 Å². The van der Waals surface area contributed by atoms with E-state index in [1.165, 1.54) is 24.1 Å². The molecule has 1 heteroatoms. The molecule has 14 heavy (non-hydrogen) atoms. The van der Waals surface area contributed by atoms with Gasteiger partial charge in [0.15, 0.2) is 0 Å². The first kappa shape index (κ1) is 11.0. The van der Waals surface area contributed by atoms with E-state index in [4.69, 9.17) is 0 Å². The zero-order valence-corrected chi connectivity index (χ0v) is 9.38. The van der Waals surface area contributed by atoms with Crippen molar-refractivity contribution in [3.05, 3.63) is 29.8 Å². The van der Waals surface area contributed by atoms with E-state index in [1.54, 1.807) is 0 Å². The van der Waals surface area contributed by atoms with Gasteiger partial charge in [-0.15, -0.1) is 0 Å². The van der Waals surface area contributed by atoms with Crippen LogP contribution in [0.15, 0.2) is 29.3 Å². The number of aliphatic imine (C=N–C) groups is 1. The quantitative estimate of drug-likeness (QED) is 0.627. The summed E-state index contributed by atoms with van der Waals surface area (Å²) in [5.41, 5.74) is 3.60. The van der Waals surface area contributed by atoms with Crippen LogP contribution in [0.5, 0.6) is 0 Å². The minimum atomic E-state index is 1.11. The summed E-state index contributed by atoms with van der Waals surface area (Å²) >= 11 is 0. The van der Waals surface area contributed by atoms with Crippen LogP contribution in [0.3, 0.4) is 0 Å². The van der Waals surface area contributed by atoms with E-state index in [-0.39, 0.29) is 0 Å². The molecule has 0 aliphatic rings. The lowest BCUT2D eigenvalue weighted by molar-refractivity contribution is 0.833. The Morgan fingerprint density at radius 2 is 2.00 bits per heavy atom. The molecule has 0 aliphatic heterocycles. The van der Waals surface area contributed by atoms with Gasteiger partial charge in [-0.2, -0.15) is 0 Å². The van der Waals surface area contributed by atoms with Crippen molar-refractivity contribution in [3.63, 3.8) is 0 Å². The summed E-state index contributed by atoms with van der Waals surface area (Å²) in [5.74, 6) is 0. The fourth-order valence-electron chi connectivity index (χ4n) is 1.38. The molecule has 0 heterocycles. The van der Waals surface area contributed by atoms with Gasteiger partial charge in [0.25, 0.3) is 0 Å². The summed E-state index contributed by atoms with van der Waals surface area (Å²) in [5, 5.41) is 0. The maximum Gasteiger partial charge on any atom is 0.0658 e. The Labute approximate surface area is 86.9 Å². The van der Waals surface area contributed by atoms with E-state index < -0.39 is 0 Å². The highest BCUT2D eigenvalue weighted by atomic mass is 14.7. The molecule has 0 aliphatic carbocycles. The van der Waals surface area contributed by atoms with Gasteiger partial charge < -0.3 is 0 Å². The van der Waals surface area contributed by atoms with Crippen LogP contribution in [0, 0.1) is 6.92 Å². The Kier molecular flexibility index (Phi) is 4.37. The Morgan fingerprint density at radius 3 is 2.64 bits per heavy atom. The van der Waals surface area contributed by atoms with Crippen molar-refractivity contribution in [1.29, 1.82) is 0 Å². The third kappa shape index (κ3) is 3.33. The lowest BCUT2D eigenvalue weighted by Crippen LogP contribution is -1.90. The van der Waals surface area contributed by atoms with Gasteiger partial charge in [-0.3, -0.25) is 4.99 Å². The molecule has 1 rings (SSSR count). The second kappa shape index (κ2) is 5.58. The van der Waals surface area contributed by atoms with Crippen LogP contribution in [-0.4, -0.2) is 5.71 Å². The molecule has 0 saturated heterocycles. The van der Waals surface area contributed by atoms with Crippen molar-refractivity contribution in [2.24, 2.45) is 4.99 Å². The predicted molar refractivity (Wildman–Crippen MR) is 63.5 cm³/mol. The predicted octanol–water partition coefficient (Wildman–Crippen LogP) is 4.28.